The van der Waals surface area contributed by atoms with Gasteiger partial charge in [-0.2, -0.15) is 5.10 Å². The molecule has 0 saturated carbocycles. The lowest BCUT2D eigenvalue weighted by Crippen LogP contribution is -2.52. The highest BCUT2D eigenvalue weighted by Crippen LogP contribution is 2.30. The molecule has 4 rings (SSSR count). The van der Waals surface area contributed by atoms with Gasteiger partial charge in [-0.1, -0.05) is 24.3 Å². The van der Waals surface area contributed by atoms with Crippen LogP contribution in [-0.4, -0.2) is 46.1 Å². The Morgan fingerprint density at radius 2 is 1.97 bits per heavy atom. The van der Waals surface area contributed by atoms with E-state index in [0.717, 1.165) is 22.6 Å². The van der Waals surface area contributed by atoms with Crippen molar-refractivity contribution in [1.29, 1.82) is 0 Å². The fourth-order valence-electron chi connectivity index (χ4n) is 4.02. The van der Waals surface area contributed by atoms with Gasteiger partial charge in [0.25, 0.3) is 0 Å². The second kappa shape index (κ2) is 8.69. The number of hydrogen-bond donors (Lipinski definition) is 2. The maximum atomic E-state index is 13.4. The first kappa shape index (κ1) is 20.7. The maximum absolute atomic E-state index is 13.4. The largest absolute Gasteiger partial charge is 0.353 e. The summed E-state index contributed by atoms with van der Waals surface area (Å²) in [5.41, 5.74) is 3.66. The number of carbonyl (C=O) groups excluding carboxylic acids is 2. The summed E-state index contributed by atoms with van der Waals surface area (Å²) in [5.74, 6) is -0.896. The molecule has 1 fully saturated rings. The molecule has 1 atom stereocenters. The lowest BCUT2D eigenvalue weighted by Gasteiger charge is -2.34. The highest BCUT2D eigenvalue weighted by molar-refractivity contribution is 5.93. The Balaban J connectivity index is 1.60. The van der Waals surface area contributed by atoms with Crippen molar-refractivity contribution >= 4 is 17.5 Å². The highest BCUT2D eigenvalue weighted by Gasteiger charge is 2.36. The lowest BCUT2D eigenvalue weighted by molar-refractivity contribution is -0.130. The zero-order chi connectivity index (χ0) is 22.0. The third-order valence-electron chi connectivity index (χ3n) is 5.39. The normalized spacial score (nSPS) is 16.7. The minimum absolute atomic E-state index is 0.00397. The van der Waals surface area contributed by atoms with Gasteiger partial charge in [-0.15, -0.1) is 0 Å². The fraction of sp³-hybridized carbons (Fsp3) is 0.261. The topological polar surface area (TPSA) is 79.3 Å². The zero-order valence-corrected chi connectivity index (χ0v) is 17.4. The predicted molar refractivity (Wildman–Crippen MR) is 115 cm³/mol. The third-order valence-corrected chi connectivity index (χ3v) is 5.39. The van der Waals surface area contributed by atoms with E-state index in [-0.39, 0.29) is 18.4 Å². The Morgan fingerprint density at radius 1 is 1.19 bits per heavy atom. The van der Waals surface area contributed by atoms with Crippen LogP contribution in [0.5, 0.6) is 0 Å². The molecule has 1 saturated heterocycles. The number of rotatable bonds is 5. The third kappa shape index (κ3) is 4.34. The van der Waals surface area contributed by atoms with Gasteiger partial charge in [0.2, 0.25) is 11.8 Å². The molecule has 0 radical (unpaired) electrons. The quantitative estimate of drug-likeness (QED) is 0.664. The van der Waals surface area contributed by atoms with Crippen molar-refractivity contribution in [1.82, 2.24) is 20.0 Å². The molecule has 1 aliphatic rings. The van der Waals surface area contributed by atoms with Crippen LogP contribution < -0.4 is 10.6 Å². The van der Waals surface area contributed by atoms with Gasteiger partial charge in [0.1, 0.15) is 11.9 Å². The van der Waals surface area contributed by atoms with Crippen LogP contribution in [0, 0.1) is 19.7 Å². The molecular weight excluding hydrogens is 397 g/mol. The van der Waals surface area contributed by atoms with Crippen LogP contribution in [0.25, 0.3) is 5.69 Å². The molecule has 160 valence electrons. The summed E-state index contributed by atoms with van der Waals surface area (Å²) >= 11 is 0. The molecule has 8 heteroatoms. The molecule has 1 aromatic heterocycles. The number of halogens is 1. The van der Waals surface area contributed by atoms with Crippen molar-refractivity contribution in [2.24, 2.45) is 0 Å². The van der Waals surface area contributed by atoms with Crippen LogP contribution in [0.4, 0.5) is 10.1 Å². The van der Waals surface area contributed by atoms with Gasteiger partial charge in [0.15, 0.2) is 0 Å². The maximum Gasteiger partial charge on any atom is 0.242 e. The van der Waals surface area contributed by atoms with Crippen LogP contribution >= 0.6 is 0 Å². The number of carbonyl (C=O) groups is 2. The van der Waals surface area contributed by atoms with E-state index < -0.39 is 11.9 Å². The van der Waals surface area contributed by atoms with Crippen molar-refractivity contribution in [2.75, 3.05) is 25.0 Å². The number of hydrogen-bond acceptors (Lipinski definition) is 4. The minimum Gasteiger partial charge on any atom is -0.353 e. The number of benzene rings is 2. The lowest BCUT2D eigenvalue weighted by atomic mass is 10.00. The number of para-hydroxylation sites is 1. The summed E-state index contributed by atoms with van der Waals surface area (Å²) in [6.07, 6.45) is 0. The number of nitrogens with zero attached hydrogens (tertiary/aromatic N) is 3. The molecule has 3 aromatic rings. The van der Waals surface area contributed by atoms with E-state index in [1.165, 1.54) is 18.2 Å². The van der Waals surface area contributed by atoms with Gasteiger partial charge in [0.05, 0.1) is 17.9 Å². The number of amides is 2. The van der Waals surface area contributed by atoms with E-state index in [1.54, 1.807) is 6.07 Å². The molecule has 1 aliphatic heterocycles. The molecule has 1 unspecified atom stereocenters. The van der Waals surface area contributed by atoms with E-state index in [2.05, 4.69) is 15.7 Å². The van der Waals surface area contributed by atoms with Gasteiger partial charge in [0, 0.05) is 30.0 Å². The summed E-state index contributed by atoms with van der Waals surface area (Å²) in [7, 11) is 0. The van der Waals surface area contributed by atoms with Crippen molar-refractivity contribution in [3.05, 3.63) is 77.4 Å². The van der Waals surface area contributed by atoms with E-state index in [0.29, 0.717) is 18.8 Å². The molecule has 2 aromatic carbocycles. The molecule has 2 heterocycles. The second-order valence-corrected chi connectivity index (χ2v) is 7.55. The predicted octanol–water partition coefficient (Wildman–Crippen LogP) is 2.74. The number of aromatic nitrogens is 2. The molecule has 0 spiro atoms. The SMILES string of the molecule is Cc1nn(-c2ccccc2)c(C)c1C1C(=O)NCCN1CC(=O)Nc1cccc(F)c1. The average Bonchev–Trinajstić information content (AvgIpc) is 3.03. The van der Waals surface area contributed by atoms with E-state index in [1.807, 2.05) is 53.8 Å². The van der Waals surface area contributed by atoms with Crippen molar-refractivity contribution < 1.29 is 14.0 Å². The highest BCUT2D eigenvalue weighted by atomic mass is 19.1. The molecule has 0 bridgehead atoms. The van der Waals surface area contributed by atoms with Gasteiger partial charge in [-0.3, -0.25) is 14.5 Å². The van der Waals surface area contributed by atoms with Crippen molar-refractivity contribution in [3.63, 3.8) is 0 Å². The summed E-state index contributed by atoms with van der Waals surface area (Å²) < 4.78 is 15.2. The Hall–Kier alpha value is -3.52. The van der Waals surface area contributed by atoms with E-state index >= 15 is 0 Å². The van der Waals surface area contributed by atoms with Gasteiger partial charge in [-0.25, -0.2) is 9.07 Å². The Labute approximate surface area is 179 Å². The summed E-state index contributed by atoms with van der Waals surface area (Å²) in [6.45, 7) is 4.77. The summed E-state index contributed by atoms with van der Waals surface area (Å²) in [4.78, 5) is 27.3. The molecule has 0 aliphatic carbocycles. The zero-order valence-electron chi connectivity index (χ0n) is 17.4. The summed E-state index contributed by atoms with van der Waals surface area (Å²) in [6, 6.07) is 14.8. The first-order chi connectivity index (χ1) is 14.9. The Morgan fingerprint density at radius 3 is 2.71 bits per heavy atom. The molecule has 2 amide bonds. The van der Waals surface area contributed by atoms with Gasteiger partial charge < -0.3 is 10.6 Å². The molecule has 7 nitrogen and oxygen atoms in total. The monoisotopic (exact) mass is 421 g/mol. The van der Waals surface area contributed by atoms with E-state index in [9.17, 15) is 14.0 Å². The van der Waals surface area contributed by atoms with Crippen molar-refractivity contribution in [3.8, 4) is 5.69 Å². The van der Waals surface area contributed by atoms with Crippen LogP contribution in [0.3, 0.4) is 0 Å². The van der Waals surface area contributed by atoms with E-state index in [4.69, 9.17) is 0 Å². The average molecular weight is 421 g/mol. The number of nitrogens with one attached hydrogen (secondary N) is 2. The molecular formula is C23H24FN5O2. The number of anilines is 1. The summed E-state index contributed by atoms with van der Waals surface area (Å²) in [5, 5.41) is 10.2. The van der Waals surface area contributed by atoms with Crippen LogP contribution in [-0.2, 0) is 9.59 Å². The number of aryl methyl sites for hydroxylation is 1. The first-order valence-corrected chi connectivity index (χ1v) is 10.1. The van der Waals surface area contributed by atoms with Gasteiger partial charge >= 0.3 is 0 Å². The van der Waals surface area contributed by atoms with Crippen LogP contribution in [0.15, 0.2) is 54.6 Å². The van der Waals surface area contributed by atoms with Crippen molar-refractivity contribution in [2.45, 2.75) is 19.9 Å². The molecule has 31 heavy (non-hydrogen) atoms. The first-order valence-electron chi connectivity index (χ1n) is 10.1. The Kier molecular flexibility index (Phi) is 5.81. The van der Waals surface area contributed by atoms with Crippen LogP contribution in [0.2, 0.25) is 0 Å². The number of piperazine rings is 1. The Bertz CT molecular complexity index is 1110. The van der Waals surface area contributed by atoms with Gasteiger partial charge in [-0.05, 0) is 44.2 Å². The second-order valence-electron chi connectivity index (χ2n) is 7.55. The fourth-order valence-corrected chi connectivity index (χ4v) is 4.02. The minimum atomic E-state index is -0.635. The molecule has 2 N–H and O–H groups in total. The smallest absolute Gasteiger partial charge is 0.242 e. The van der Waals surface area contributed by atoms with Crippen LogP contribution in [0.1, 0.15) is 23.0 Å². The standard InChI is InChI=1S/C23H24FN5O2/c1-15-21(16(2)29(27-15)19-9-4-3-5-10-19)22-23(31)25-11-12-28(22)14-20(30)26-18-8-6-7-17(24)13-18/h3-10,13,22H,11-12,14H2,1-2H3,(H,25,31)(H,26,30).